The van der Waals surface area contributed by atoms with Gasteiger partial charge in [-0.2, -0.15) is 16.0 Å². The van der Waals surface area contributed by atoms with Gasteiger partial charge < -0.3 is 10.0 Å². The highest BCUT2D eigenvalue weighted by Crippen LogP contribution is 2.58. The molecule has 0 amide bonds. The first-order valence-electron chi connectivity index (χ1n) is 13.2. The third kappa shape index (κ3) is 3.12. The first-order chi connectivity index (χ1) is 17.2. The molecule has 6 heterocycles. The summed E-state index contributed by atoms with van der Waals surface area (Å²) in [4.78, 5) is 4.80. The molecule has 2 fully saturated rings. The predicted molar refractivity (Wildman–Crippen MR) is 155 cm³/mol. The molecule has 192 valence electrons. The van der Waals surface area contributed by atoms with Crippen LogP contribution < -0.4 is 10.2 Å². The van der Waals surface area contributed by atoms with Gasteiger partial charge in [0.1, 0.15) is 4.88 Å². The van der Waals surface area contributed by atoms with E-state index < -0.39 is 16.0 Å². The lowest BCUT2D eigenvalue weighted by molar-refractivity contribution is 0.130. The number of rotatable bonds is 1. The van der Waals surface area contributed by atoms with Gasteiger partial charge in [-0.1, -0.05) is 29.3 Å². The molecule has 4 nitrogen and oxygen atoms in total. The van der Waals surface area contributed by atoms with Crippen molar-refractivity contribution in [2.45, 2.75) is 82.2 Å². The average Bonchev–Trinajstić information content (AvgIpc) is 3.43. The number of aliphatic hydroxyl groups excluding tert-OH is 1. The van der Waals surface area contributed by atoms with Crippen LogP contribution in [0.3, 0.4) is 0 Å². The topological polar surface area (TPSA) is 43.8 Å². The second-order valence-corrected chi connectivity index (χ2v) is 20.3. The second-order valence-electron chi connectivity index (χ2n) is 12.0. The summed E-state index contributed by atoms with van der Waals surface area (Å²) in [5.74, 6) is 0. The van der Waals surface area contributed by atoms with Crippen LogP contribution in [0.15, 0.2) is 24.3 Å². The fourth-order valence-electron chi connectivity index (χ4n) is 7.23. The molecule has 1 aliphatic carbocycles. The van der Waals surface area contributed by atoms with Crippen molar-refractivity contribution in [1.82, 2.24) is 4.31 Å². The van der Waals surface area contributed by atoms with Gasteiger partial charge in [0.05, 0.1) is 39.6 Å². The molecule has 8 heteroatoms. The van der Waals surface area contributed by atoms with Gasteiger partial charge in [0, 0.05) is 35.4 Å². The molecule has 5 aliphatic heterocycles. The van der Waals surface area contributed by atoms with E-state index in [9.17, 15) is 5.11 Å². The van der Waals surface area contributed by atoms with Crippen LogP contribution in [0.5, 0.6) is 0 Å². The maximum Gasteiger partial charge on any atom is 0.159 e. The molecule has 1 saturated carbocycles. The summed E-state index contributed by atoms with van der Waals surface area (Å²) in [6, 6.07) is 6.85. The molecule has 3 unspecified atom stereocenters. The fourth-order valence-corrected chi connectivity index (χ4v) is 18.3. The predicted octanol–water partition coefficient (Wildman–Crippen LogP) is 6.28. The number of fused-ring (bicyclic) bond motifs is 1. The highest BCUT2D eigenvalue weighted by molar-refractivity contribution is 8.32. The SMILES string of the molecule is CC(C)(C)S1(=O)=[P+]2[CH-]C=C(c3cc(Cl)cc4c3N(CCC4)[C@H]3CN1C1(CCC1)C3)c1[s+][c-](CO)cc12. The van der Waals surface area contributed by atoms with E-state index in [4.69, 9.17) is 11.6 Å². The van der Waals surface area contributed by atoms with Crippen LogP contribution in [0.25, 0.3) is 5.57 Å². The zero-order chi connectivity index (χ0) is 25.0. The lowest BCUT2D eigenvalue weighted by atomic mass is 9.75. The Balaban J connectivity index is 1.62. The van der Waals surface area contributed by atoms with E-state index >= 15 is 4.21 Å². The number of anilines is 1. The van der Waals surface area contributed by atoms with Crippen LogP contribution in [0.2, 0.25) is 5.02 Å². The van der Waals surface area contributed by atoms with Crippen molar-refractivity contribution in [3.05, 3.63) is 56.3 Å². The summed E-state index contributed by atoms with van der Waals surface area (Å²) < 4.78 is 18.0. The molecule has 0 radical (unpaired) electrons. The Morgan fingerprint density at radius 3 is 2.83 bits per heavy atom. The summed E-state index contributed by atoms with van der Waals surface area (Å²) in [6.45, 7) is 7.42. The molecule has 8 rings (SSSR count). The quantitative estimate of drug-likeness (QED) is 0.253. The summed E-state index contributed by atoms with van der Waals surface area (Å²) in [5.41, 5.74) is 5.11. The van der Waals surface area contributed by atoms with E-state index in [2.05, 4.69) is 60.4 Å². The Morgan fingerprint density at radius 2 is 2.14 bits per heavy atom. The molecular weight excluding hydrogens is 527 g/mol. The van der Waals surface area contributed by atoms with Gasteiger partial charge in [0.25, 0.3) is 0 Å². The minimum atomic E-state index is -2.45. The number of hydrogen-bond donors (Lipinski definition) is 1. The minimum absolute atomic E-state index is 0.0142. The van der Waals surface area contributed by atoms with Crippen molar-refractivity contribution in [1.29, 1.82) is 0 Å². The Kier molecular flexibility index (Phi) is 5.35. The zero-order valence-corrected chi connectivity index (χ0v) is 24.5. The van der Waals surface area contributed by atoms with E-state index in [0.29, 0.717) is 6.04 Å². The first kappa shape index (κ1) is 24.1. The number of halogens is 1. The van der Waals surface area contributed by atoms with Gasteiger partial charge in [-0.15, -0.1) is 0 Å². The van der Waals surface area contributed by atoms with E-state index in [1.165, 1.54) is 39.0 Å². The second kappa shape index (κ2) is 8.00. The summed E-state index contributed by atoms with van der Waals surface area (Å²) in [7, 11) is -2.45. The van der Waals surface area contributed by atoms with Gasteiger partial charge in [0.15, 0.2) is 9.30 Å². The van der Waals surface area contributed by atoms with Crippen LogP contribution >= 0.6 is 29.6 Å². The number of nitrogens with zero attached hydrogens (tertiary/aromatic N) is 2. The first-order valence-corrected chi connectivity index (χ1v) is 17.9. The molecule has 1 aromatic carbocycles. The molecule has 1 saturated heterocycles. The number of hydrogen-bond acceptors (Lipinski definition) is 3. The molecule has 1 N–H and O–H groups in total. The molecular formula is C28H34ClN2O2PS2. The van der Waals surface area contributed by atoms with E-state index in [1.54, 1.807) is 11.3 Å². The zero-order valence-electron chi connectivity index (χ0n) is 21.2. The van der Waals surface area contributed by atoms with Gasteiger partial charge >= 0.3 is 0 Å². The number of thiophene rings is 1. The summed E-state index contributed by atoms with van der Waals surface area (Å²) in [6.07, 6.45) is 11.3. The molecule has 2 aromatic rings. The highest BCUT2D eigenvalue weighted by atomic mass is 35.5. The van der Waals surface area contributed by atoms with Gasteiger partial charge in [-0.05, 0) is 77.1 Å². The van der Waals surface area contributed by atoms with Gasteiger partial charge in [-0.25, -0.2) is 4.21 Å². The van der Waals surface area contributed by atoms with Crippen molar-refractivity contribution in [3.8, 4) is 0 Å². The molecule has 4 atom stereocenters. The van der Waals surface area contributed by atoms with Crippen molar-refractivity contribution >= 4 is 55.5 Å². The van der Waals surface area contributed by atoms with Crippen LogP contribution in [0.1, 0.15) is 73.8 Å². The summed E-state index contributed by atoms with van der Waals surface area (Å²) >= 11 is 8.41. The van der Waals surface area contributed by atoms with Gasteiger partial charge in [0.2, 0.25) is 0 Å². The monoisotopic (exact) mass is 560 g/mol. The number of allylic oxidation sites excluding steroid dienone is 1. The minimum Gasteiger partial charge on any atom is -0.399 e. The molecule has 36 heavy (non-hydrogen) atoms. The van der Waals surface area contributed by atoms with Crippen LogP contribution in [0, 0.1) is 6.16 Å². The maximum absolute atomic E-state index is 15.8. The van der Waals surface area contributed by atoms with E-state index in [1.807, 2.05) is 0 Å². The van der Waals surface area contributed by atoms with Crippen LogP contribution in [-0.4, -0.2) is 43.0 Å². The average molecular weight is 561 g/mol. The Labute approximate surface area is 224 Å². The van der Waals surface area contributed by atoms with E-state index in [-0.39, 0.29) is 16.9 Å². The third-order valence-corrected chi connectivity index (χ3v) is 19.8. The number of aryl methyl sites for hydroxylation is 1. The molecule has 1 spiro atoms. The van der Waals surface area contributed by atoms with Crippen molar-refractivity contribution < 1.29 is 9.32 Å². The van der Waals surface area contributed by atoms with Crippen LogP contribution in [-0.2, 0) is 22.3 Å². The molecule has 1 aromatic heterocycles. The smallest absolute Gasteiger partial charge is 0.159 e. The lowest BCUT2D eigenvalue weighted by Gasteiger charge is -2.48. The Hall–Kier alpha value is -1.01. The highest BCUT2D eigenvalue weighted by Gasteiger charge is 2.59. The summed E-state index contributed by atoms with van der Waals surface area (Å²) in [5, 5.41) is 12.1. The number of aliphatic hydroxyl groups is 1. The van der Waals surface area contributed by atoms with Crippen molar-refractivity contribution in [3.63, 3.8) is 0 Å². The normalized spacial score (nSPS) is 30.8. The third-order valence-electron chi connectivity index (χ3n) is 8.96. The lowest BCUT2D eigenvalue weighted by Crippen LogP contribution is -2.55. The Bertz CT molecular complexity index is 1440. The van der Waals surface area contributed by atoms with E-state index in [0.717, 1.165) is 55.1 Å². The van der Waals surface area contributed by atoms with Gasteiger partial charge in [-0.3, -0.25) is 0 Å². The maximum atomic E-state index is 15.8. The molecule has 4 bridgehead atoms. The van der Waals surface area contributed by atoms with Crippen LogP contribution in [0.4, 0.5) is 5.69 Å². The van der Waals surface area contributed by atoms with Crippen molar-refractivity contribution in [2.24, 2.45) is 0 Å². The van der Waals surface area contributed by atoms with Crippen molar-refractivity contribution in [2.75, 3.05) is 18.0 Å². The Morgan fingerprint density at radius 1 is 1.33 bits per heavy atom. The molecule has 6 aliphatic rings. The standard InChI is InChI=1S/C28H34ClN2O2PS2/c1-27(2,3)36(33)31-16-20(15-28(31)8-5-9-28)30-10-4-6-18-12-19(29)13-23(25(18)30)22-7-11-34(36)24-14-21(17-32)35-26(22)24/h7,11-14,20,32H,4-6,8-10,15-17H2,1-3H3/t20-,36?/m1/s1. The number of benzene rings is 1. The fraction of sp³-hybridized carbons (Fsp3) is 0.536. The largest absolute Gasteiger partial charge is 0.399 e.